The molecule has 0 atom stereocenters. The summed E-state index contributed by atoms with van der Waals surface area (Å²) < 4.78 is 0.757. The molecule has 19 heavy (non-hydrogen) atoms. The van der Waals surface area contributed by atoms with Gasteiger partial charge in [0.15, 0.2) is 0 Å². The van der Waals surface area contributed by atoms with Crippen molar-refractivity contribution >= 4 is 21.8 Å². The van der Waals surface area contributed by atoms with E-state index in [0.717, 1.165) is 23.2 Å². The number of hydrogen-bond donors (Lipinski definition) is 1. The molecule has 1 heterocycles. The van der Waals surface area contributed by atoms with E-state index >= 15 is 0 Å². The zero-order chi connectivity index (χ0) is 13.7. The Morgan fingerprint density at radius 3 is 2.79 bits per heavy atom. The highest BCUT2D eigenvalue weighted by molar-refractivity contribution is 9.10. The van der Waals surface area contributed by atoms with Crippen molar-refractivity contribution in [3.05, 3.63) is 28.5 Å². The second-order valence-corrected chi connectivity index (χ2v) is 6.17. The van der Waals surface area contributed by atoms with Gasteiger partial charge in [0.25, 0.3) is 5.91 Å². The normalized spacial score (nSPS) is 23.1. The monoisotopic (exact) mass is 324 g/mol. The maximum Gasteiger partial charge on any atom is 0.271 e. The van der Waals surface area contributed by atoms with Crippen molar-refractivity contribution < 1.29 is 4.79 Å². The molecule has 0 unspecified atom stereocenters. The highest BCUT2D eigenvalue weighted by atomic mass is 79.9. The van der Waals surface area contributed by atoms with Gasteiger partial charge < -0.3 is 5.32 Å². The Labute approximate surface area is 123 Å². The summed E-state index contributed by atoms with van der Waals surface area (Å²) in [7, 11) is 0. The van der Waals surface area contributed by atoms with Crippen LogP contribution in [-0.4, -0.2) is 16.9 Å². The molecular weight excluding hydrogens is 304 g/mol. The van der Waals surface area contributed by atoms with Crippen LogP contribution in [0.15, 0.2) is 22.8 Å². The second-order valence-electron chi connectivity index (χ2n) is 5.31. The summed E-state index contributed by atoms with van der Waals surface area (Å²) in [6.07, 6.45) is 8.92. The van der Waals surface area contributed by atoms with E-state index in [1.807, 2.05) is 12.1 Å². The molecule has 0 bridgehead atoms. The molecule has 0 aliphatic heterocycles. The van der Waals surface area contributed by atoms with Gasteiger partial charge in [-0.05, 0) is 59.7 Å². The summed E-state index contributed by atoms with van der Waals surface area (Å²) >= 11 is 3.37. The van der Waals surface area contributed by atoms with Crippen LogP contribution < -0.4 is 5.32 Å². The zero-order valence-electron chi connectivity index (χ0n) is 11.4. The fourth-order valence-corrected chi connectivity index (χ4v) is 3.25. The number of rotatable bonds is 4. The lowest BCUT2D eigenvalue weighted by atomic mass is 9.83. The lowest BCUT2D eigenvalue weighted by Crippen LogP contribution is -2.38. The van der Waals surface area contributed by atoms with Gasteiger partial charge in [0, 0.05) is 16.7 Å². The predicted molar refractivity (Wildman–Crippen MR) is 80.1 cm³/mol. The van der Waals surface area contributed by atoms with Crippen molar-refractivity contribution in [3.8, 4) is 0 Å². The Morgan fingerprint density at radius 2 is 2.16 bits per heavy atom. The molecule has 1 aromatic rings. The fraction of sp³-hybridized carbons (Fsp3) is 0.600. The molecule has 1 aromatic heterocycles. The summed E-state index contributed by atoms with van der Waals surface area (Å²) in [5, 5.41) is 3.11. The van der Waals surface area contributed by atoms with Crippen LogP contribution in [0.4, 0.5) is 0 Å². The van der Waals surface area contributed by atoms with E-state index in [0.29, 0.717) is 11.7 Å². The number of aromatic nitrogens is 1. The van der Waals surface area contributed by atoms with Gasteiger partial charge in [-0.25, -0.2) is 4.98 Å². The van der Waals surface area contributed by atoms with Crippen LogP contribution in [0, 0.1) is 5.92 Å². The first-order valence-corrected chi connectivity index (χ1v) is 7.91. The molecule has 4 heteroatoms. The fourth-order valence-electron chi connectivity index (χ4n) is 2.81. The molecule has 1 aliphatic carbocycles. The van der Waals surface area contributed by atoms with Gasteiger partial charge in [-0.1, -0.05) is 19.8 Å². The SMILES string of the molecule is CCCC1CCC(NC(=O)c2ncccc2Br)CC1. The first kappa shape index (κ1) is 14.5. The van der Waals surface area contributed by atoms with Gasteiger partial charge in [0.1, 0.15) is 5.69 Å². The third-order valence-electron chi connectivity index (χ3n) is 3.85. The zero-order valence-corrected chi connectivity index (χ0v) is 12.9. The quantitative estimate of drug-likeness (QED) is 0.911. The largest absolute Gasteiger partial charge is 0.348 e. The van der Waals surface area contributed by atoms with Crippen LogP contribution in [0.1, 0.15) is 55.9 Å². The van der Waals surface area contributed by atoms with E-state index in [2.05, 4.69) is 33.2 Å². The number of amides is 1. The molecular formula is C15H21BrN2O. The van der Waals surface area contributed by atoms with Gasteiger partial charge in [0.05, 0.1) is 0 Å². The van der Waals surface area contributed by atoms with Crippen molar-refractivity contribution in [3.63, 3.8) is 0 Å². The van der Waals surface area contributed by atoms with E-state index in [-0.39, 0.29) is 5.91 Å². The average molecular weight is 325 g/mol. The Kier molecular flexibility index (Phi) is 5.37. The van der Waals surface area contributed by atoms with Gasteiger partial charge in [-0.15, -0.1) is 0 Å². The lowest BCUT2D eigenvalue weighted by molar-refractivity contribution is 0.0915. The number of carbonyl (C=O) groups is 1. The summed E-state index contributed by atoms with van der Waals surface area (Å²) in [4.78, 5) is 16.3. The standard InChI is InChI=1S/C15H21BrN2O/c1-2-4-11-6-8-12(9-7-11)18-15(19)14-13(16)5-3-10-17-14/h3,5,10-12H,2,4,6-9H2,1H3,(H,18,19). The van der Waals surface area contributed by atoms with E-state index < -0.39 is 0 Å². The molecule has 0 radical (unpaired) electrons. The van der Waals surface area contributed by atoms with Gasteiger partial charge in [0.2, 0.25) is 0 Å². The summed E-state index contributed by atoms with van der Waals surface area (Å²) in [5.41, 5.74) is 0.484. The third kappa shape index (κ3) is 4.03. The number of nitrogens with one attached hydrogen (secondary N) is 1. The number of hydrogen-bond acceptors (Lipinski definition) is 2. The van der Waals surface area contributed by atoms with E-state index in [9.17, 15) is 4.79 Å². The molecule has 1 fully saturated rings. The lowest BCUT2D eigenvalue weighted by Gasteiger charge is -2.28. The number of halogens is 1. The highest BCUT2D eigenvalue weighted by Gasteiger charge is 2.23. The summed E-state index contributed by atoms with van der Waals surface area (Å²) in [5.74, 6) is 0.797. The van der Waals surface area contributed by atoms with Crippen LogP contribution in [0.25, 0.3) is 0 Å². The van der Waals surface area contributed by atoms with Crippen LogP contribution >= 0.6 is 15.9 Å². The van der Waals surface area contributed by atoms with Crippen LogP contribution in [0.3, 0.4) is 0 Å². The van der Waals surface area contributed by atoms with Gasteiger partial charge >= 0.3 is 0 Å². The highest BCUT2D eigenvalue weighted by Crippen LogP contribution is 2.28. The minimum absolute atomic E-state index is 0.0635. The van der Waals surface area contributed by atoms with Crippen molar-refractivity contribution in [1.82, 2.24) is 10.3 Å². The van der Waals surface area contributed by atoms with Crippen LogP contribution in [-0.2, 0) is 0 Å². The van der Waals surface area contributed by atoms with E-state index in [4.69, 9.17) is 0 Å². The van der Waals surface area contributed by atoms with Crippen LogP contribution in [0.5, 0.6) is 0 Å². The molecule has 1 N–H and O–H groups in total. The Bertz CT molecular complexity index is 428. The number of pyridine rings is 1. The van der Waals surface area contributed by atoms with Crippen molar-refractivity contribution in [2.75, 3.05) is 0 Å². The summed E-state index contributed by atoms with van der Waals surface area (Å²) in [6.45, 7) is 2.24. The second kappa shape index (κ2) is 7.04. The number of carbonyl (C=O) groups excluding carboxylic acids is 1. The third-order valence-corrected chi connectivity index (χ3v) is 4.49. The topological polar surface area (TPSA) is 42.0 Å². The minimum Gasteiger partial charge on any atom is -0.348 e. The molecule has 3 nitrogen and oxygen atoms in total. The molecule has 1 amide bonds. The smallest absolute Gasteiger partial charge is 0.271 e. The maximum atomic E-state index is 12.1. The molecule has 104 valence electrons. The van der Waals surface area contributed by atoms with Gasteiger partial charge in [-0.3, -0.25) is 4.79 Å². The molecule has 1 saturated carbocycles. The minimum atomic E-state index is -0.0635. The van der Waals surface area contributed by atoms with Gasteiger partial charge in [-0.2, -0.15) is 0 Å². The molecule has 0 saturated heterocycles. The predicted octanol–water partition coefficient (Wildman–Crippen LogP) is 3.93. The summed E-state index contributed by atoms with van der Waals surface area (Å²) in [6, 6.07) is 3.98. The van der Waals surface area contributed by atoms with Crippen LogP contribution in [0.2, 0.25) is 0 Å². The Morgan fingerprint density at radius 1 is 1.42 bits per heavy atom. The molecule has 0 aromatic carbocycles. The maximum absolute atomic E-state index is 12.1. The Hall–Kier alpha value is -0.900. The first-order valence-electron chi connectivity index (χ1n) is 7.12. The van der Waals surface area contributed by atoms with E-state index in [1.165, 1.54) is 25.7 Å². The Balaban J connectivity index is 1.86. The molecule has 2 rings (SSSR count). The van der Waals surface area contributed by atoms with Crippen molar-refractivity contribution in [2.24, 2.45) is 5.92 Å². The average Bonchev–Trinajstić information content (AvgIpc) is 2.42. The van der Waals surface area contributed by atoms with E-state index in [1.54, 1.807) is 6.20 Å². The molecule has 1 aliphatic rings. The van der Waals surface area contributed by atoms with Crippen molar-refractivity contribution in [1.29, 1.82) is 0 Å². The van der Waals surface area contributed by atoms with Crippen molar-refractivity contribution in [2.45, 2.75) is 51.5 Å². The number of nitrogens with zero attached hydrogens (tertiary/aromatic N) is 1. The molecule has 0 spiro atoms. The first-order chi connectivity index (χ1) is 9.20.